The normalized spacial score (nSPS) is 25.0. The van der Waals surface area contributed by atoms with Gasteiger partial charge in [0.1, 0.15) is 18.8 Å². The van der Waals surface area contributed by atoms with Gasteiger partial charge in [-0.3, -0.25) is 4.90 Å². The van der Waals surface area contributed by atoms with Crippen LogP contribution in [0.15, 0.2) is 6.20 Å². The highest BCUT2D eigenvalue weighted by atomic mass is 16.6. The average molecular weight is 296 g/mol. The summed E-state index contributed by atoms with van der Waals surface area (Å²) in [5, 5.41) is 21.3. The van der Waals surface area contributed by atoms with Gasteiger partial charge in [0.25, 0.3) is 0 Å². The van der Waals surface area contributed by atoms with E-state index in [4.69, 9.17) is 0 Å². The van der Waals surface area contributed by atoms with Crippen LogP contribution >= 0.6 is 0 Å². The summed E-state index contributed by atoms with van der Waals surface area (Å²) < 4.78 is 1.48. The van der Waals surface area contributed by atoms with Crippen LogP contribution in [0.4, 0.5) is 5.82 Å². The smallest absolute Gasteiger partial charge is 0.342 e. The summed E-state index contributed by atoms with van der Waals surface area (Å²) in [6.07, 6.45) is 4.11. The van der Waals surface area contributed by atoms with Crippen LogP contribution in [0.3, 0.4) is 0 Å². The van der Waals surface area contributed by atoms with Crippen molar-refractivity contribution in [3.63, 3.8) is 0 Å². The second-order valence-corrected chi connectivity index (χ2v) is 6.01. The van der Waals surface area contributed by atoms with Crippen molar-refractivity contribution in [3.05, 3.63) is 22.1 Å². The van der Waals surface area contributed by atoms with E-state index in [9.17, 15) is 15.2 Å². The van der Waals surface area contributed by atoms with E-state index in [-0.39, 0.29) is 12.4 Å². The van der Waals surface area contributed by atoms with E-state index >= 15 is 0 Å². The van der Waals surface area contributed by atoms with Crippen LogP contribution in [-0.4, -0.2) is 49.2 Å². The van der Waals surface area contributed by atoms with E-state index in [0.717, 1.165) is 12.8 Å². The SMILES string of the molecule is Cc1ncc([N+](=O)[O-])n1CC(O)CN1C(C)CCCC1C. The van der Waals surface area contributed by atoms with Gasteiger partial charge in [-0.2, -0.15) is 0 Å². The number of rotatable bonds is 5. The van der Waals surface area contributed by atoms with E-state index in [0.29, 0.717) is 24.5 Å². The highest BCUT2D eigenvalue weighted by Crippen LogP contribution is 2.23. The molecular weight excluding hydrogens is 272 g/mol. The predicted octanol–water partition coefficient (Wildman–Crippen LogP) is 1.72. The maximum atomic E-state index is 11.0. The lowest BCUT2D eigenvalue weighted by molar-refractivity contribution is -0.392. The van der Waals surface area contributed by atoms with Crippen LogP contribution in [0, 0.1) is 17.0 Å². The van der Waals surface area contributed by atoms with Crippen molar-refractivity contribution >= 4 is 5.82 Å². The predicted molar refractivity (Wildman–Crippen MR) is 79.1 cm³/mol. The van der Waals surface area contributed by atoms with Gasteiger partial charge in [0.15, 0.2) is 5.82 Å². The van der Waals surface area contributed by atoms with Gasteiger partial charge in [0.05, 0.1) is 0 Å². The molecule has 3 atom stereocenters. The second-order valence-electron chi connectivity index (χ2n) is 6.01. The maximum Gasteiger partial charge on any atom is 0.342 e. The van der Waals surface area contributed by atoms with Crippen LogP contribution in [0.2, 0.25) is 0 Å². The van der Waals surface area contributed by atoms with E-state index < -0.39 is 11.0 Å². The molecule has 21 heavy (non-hydrogen) atoms. The third kappa shape index (κ3) is 3.59. The van der Waals surface area contributed by atoms with Crippen molar-refractivity contribution in [2.45, 2.75) is 64.8 Å². The molecule has 0 spiro atoms. The third-order valence-corrected chi connectivity index (χ3v) is 4.41. The van der Waals surface area contributed by atoms with Crippen molar-refractivity contribution in [2.75, 3.05) is 6.54 Å². The number of hydrogen-bond acceptors (Lipinski definition) is 5. The van der Waals surface area contributed by atoms with E-state index in [1.54, 1.807) is 6.92 Å². The topological polar surface area (TPSA) is 84.4 Å². The Bertz CT molecular complexity index is 492. The zero-order valence-electron chi connectivity index (χ0n) is 12.9. The first-order valence-electron chi connectivity index (χ1n) is 7.50. The molecule has 7 heteroatoms. The molecule has 7 nitrogen and oxygen atoms in total. The van der Waals surface area contributed by atoms with Crippen molar-refractivity contribution in [3.8, 4) is 0 Å². The minimum atomic E-state index is -0.639. The van der Waals surface area contributed by atoms with E-state index in [2.05, 4.69) is 23.7 Å². The Morgan fingerprint density at radius 2 is 2.05 bits per heavy atom. The minimum absolute atomic E-state index is 0.0636. The highest BCUT2D eigenvalue weighted by molar-refractivity contribution is 5.18. The number of likely N-dealkylation sites (tertiary alicyclic amines) is 1. The van der Waals surface area contributed by atoms with Crippen molar-refractivity contribution < 1.29 is 10.0 Å². The molecule has 2 rings (SSSR count). The van der Waals surface area contributed by atoms with Crippen LogP contribution in [0.25, 0.3) is 0 Å². The standard InChI is InChI=1S/C14H24N4O3/c1-10-5-4-6-11(2)16(10)8-13(19)9-17-12(3)15-7-14(17)18(20)21/h7,10-11,13,19H,4-6,8-9H2,1-3H3. The molecule has 1 saturated heterocycles. The van der Waals surface area contributed by atoms with Gasteiger partial charge < -0.3 is 15.2 Å². The molecule has 0 amide bonds. The van der Waals surface area contributed by atoms with Crippen molar-refractivity contribution in [2.24, 2.45) is 0 Å². The molecule has 1 aliphatic heterocycles. The zero-order chi connectivity index (χ0) is 15.6. The molecule has 118 valence electrons. The fourth-order valence-electron chi connectivity index (χ4n) is 3.17. The fourth-order valence-corrected chi connectivity index (χ4v) is 3.17. The highest BCUT2D eigenvalue weighted by Gasteiger charge is 2.28. The van der Waals surface area contributed by atoms with Gasteiger partial charge in [-0.1, -0.05) is 6.42 Å². The van der Waals surface area contributed by atoms with Crippen LogP contribution in [-0.2, 0) is 6.54 Å². The van der Waals surface area contributed by atoms with Gasteiger partial charge in [0, 0.05) is 25.6 Å². The largest absolute Gasteiger partial charge is 0.388 e. The number of piperidine rings is 1. The molecule has 2 heterocycles. The second kappa shape index (κ2) is 6.53. The fraction of sp³-hybridized carbons (Fsp3) is 0.786. The first-order valence-corrected chi connectivity index (χ1v) is 7.50. The lowest BCUT2D eigenvalue weighted by atomic mass is 9.97. The Labute approximate surface area is 124 Å². The van der Waals surface area contributed by atoms with Crippen LogP contribution < -0.4 is 0 Å². The van der Waals surface area contributed by atoms with Crippen molar-refractivity contribution in [1.29, 1.82) is 0 Å². The molecular formula is C14H24N4O3. The minimum Gasteiger partial charge on any atom is -0.388 e. The number of imidazole rings is 1. The summed E-state index contributed by atoms with van der Waals surface area (Å²) >= 11 is 0. The van der Waals surface area contributed by atoms with Gasteiger partial charge in [-0.25, -0.2) is 9.55 Å². The molecule has 0 saturated carbocycles. The molecule has 1 aromatic heterocycles. The molecule has 1 aromatic rings. The first kappa shape index (κ1) is 15.9. The molecule has 1 aliphatic rings. The number of aliphatic hydroxyl groups excluding tert-OH is 1. The summed E-state index contributed by atoms with van der Waals surface area (Å²) in [6, 6.07) is 0.893. The molecule has 1 N–H and O–H groups in total. The van der Waals surface area contributed by atoms with Gasteiger partial charge in [-0.15, -0.1) is 0 Å². The summed E-state index contributed by atoms with van der Waals surface area (Å²) in [5.41, 5.74) is 0. The van der Waals surface area contributed by atoms with E-state index in [1.807, 2.05) is 0 Å². The number of aromatic nitrogens is 2. The number of aliphatic hydroxyl groups is 1. The summed E-state index contributed by atoms with van der Waals surface area (Å²) in [6.45, 7) is 6.81. The maximum absolute atomic E-state index is 11.0. The molecule has 0 radical (unpaired) electrons. The molecule has 0 aliphatic carbocycles. The molecule has 0 aromatic carbocycles. The number of nitro groups is 1. The molecule has 0 bridgehead atoms. The molecule has 1 fully saturated rings. The Kier molecular flexibility index (Phi) is 4.95. The number of β-amino-alcohol motifs (C(OH)–C–C–N with tert-alkyl or cyclic N) is 1. The van der Waals surface area contributed by atoms with Gasteiger partial charge in [-0.05, 0) is 31.6 Å². The third-order valence-electron chi connectivity index (χ3n) is 4.41. The van der Waals surface area contributed by atoms with Crippen molar-refractivity contribution in [1.82, 2.24) is 14.5 Å². The lowest BCUT2D eigenvalue weighted by Crippen LogP contribution is -2.48. The van der Waals surface area contributed by atoms with Gasteiger partial charge in [0.2, 0.25) is 0 Å². The Morgan fingerprint density at radius 3 is 2.62 bits per heavy atom. The van der Waals surface area contributed by atoms with Crippen LogP contribution in [0.1, 0.15) is 38.9 Å². The number of nitrogens with zero attached hydrogens (tertiary/aromatic N) is 4. The van der Waals surface area contributed by atoms with E-state index in [1.165, 1.54) is 17.2 Å². The van der Waals surface area contributed by atoms with Crippen LogP contribution in [0.5, 0.6) is 0 Å². The summed E-state index contributed by atoms with van der Waals surface area (Å²) in [4.78, 5) is 16.8. The molecule has 3 unspecified atom stereocenters. The Hall–Kier alpha value is -1.47. The number of hydrogen-bond donors (Lipinski definition) is 1. The first-order chi connectivity index (χ1) is 9.90. The number of aryl methyl sites for hydroxylation is 1. The Morgan fingerprint density at radius 1 is 1.43 bits per heavy atom. The lowest BCUT2D eigenvalue weighted by Gasteiger charge is -2.39. The summed E-state index contributed by atoms with van der Waals surface area (Å²) in [5.74, 6) is 0.492. The monoisotopic (exact) mass is 296 g/mol. The average Bonchev–Trinajstić information content (AvgIpc) is 2.76. The Balaban J connectivity index is 2.03. The summed E-state index contributed by atoms with van der Waals surface area (Å²) in [7, 11) is 0. The quantitative estimate of drug-likeness (QED) is 0.660. The van der Waals surface area contributed by atoms with Gasteiger partial charge >= 0.3 is 5.82 Å². The zero-order valence-corrected chi connectivity index (χ0v) is 12.9.